The van der Waals surface area contributed by atoms with Crippen molar-refractivity contribution in [3.8, 4) is 0 Å². The van der Waals surface area contributed by atoms with Crippen molar-refractivity contribution in [2.24, 2.45) is 4.99 Å². The van der Waals surface area contributed by atoms with Gasteiger partial charge in [0.15, 0.2) is 0 Å². The molecular weight excluding hydrogens is 167 g/mol. The summed E-state index contributed by atoms with van der Waals surface area (Å²) < 4.78 is 12.5. The SMILES string of the molecule is O=C1N=C(CCO)NC(=O)C1F. The molecule has 1 aliphatic rings. The van der Waals surface area contributed by atoms with Gasteiger partial charge in [-0.05, 0) is 0 Å². The van der Waals surface area contributed by atoms with E-state index >= 15 is 0 Å². The first-order valence-electron chi connectivity index (χ1n) is 3.32. The van der Waals surface area contributed by atoms with Crippen molar-refractivity contribution in [1.29, 1.82) is 0 Å². The largest absolute Gasteiger partial charge is 0.396 e. The zero-order valence-electron chi connectivity index (χ0n) is 6.08. The molecule has 1 rings (SSSR count). The van der Waals surface area contributed by atoms with Crippen LogP contribution < -0.4 is 5.32 Å². The van der Waals surface area contributed by atoms with Gasteiger partial charge in [-0.15, -0.1) is 0 Å². The number of rotatable bonds is 2. The summed E-state index contributed by atoms with van der Waals surface area (Å²) in [6.45, 7) is -0.247. The molecule has 5 nitrogen and oxygen atoms in total. The minimum atomic E-state index is -2.20. The molecule has 0 bridgehead atoms. The van der Waals surface area contributed by atoms with Crippen LogP contribution in [-0.2, 0) is 9.59 Å². The standard InChI is InChI=1S/C6H7FN2O3/c7-4-5(11)8-3(1-2-10)9-6(4)12/h4,10H,1-2H2,(H,8,9,11,12). The van der Waals surface area contributed by atoms with Crippen LogP contribution in [0.2, 0.25) is 0 Å². The van der Waals surface area contributed by atoms with Gasteiger partial charge in [-0.1, -0.05) is 0 Å². The lowest BCUT2D eigenvalue weighted by atomic mass is 10.2. The summed E-state index contributed by atoms with van der Waals surface area (Å²) in [6, 6.07) is 0. The van der Waals surface area contributed by atoms with Crippen molar-refractivity contribution in [1.82, 2.24) is 5.32 Å². The second-order valence-electron chi connectivity index (χ2n) is 2.22. The van der Waals surface area contributed by atoms with Crippen LogP contribution in [-0.4, -0.2) is 35.5 Å². The van der Waals surface area contributed by atoms with Gasteiger partial charge in [-0.2, -0.15) is 4.99 Å². The molecule has 0 saturated heterocycles. The van der Waals surface area contributed by atoms with Gasteiger partial charge in [-0.25, -0.2) is 4.39 Å². The first-order valence-corrected chi connectivity index (χ1v) is 3.32. The molecule has 0 spiro atoms. The summed E-state index contributed by atoms with van der Waals surface area (Å²) in [4.78, 5) is 24.4. The van der Waals surface area contributed by atoms with E-state index in [0.29, 0.717) is 0 Å². The molecule has 0 fully saturated rings. The highest BCUT2D eigenvalue weighted by Gasteiger charge is 2.30. The molecule has 1 aliphatic heterocycles. The summed E-state index contributed by atoms with van der Waals surface area (Å²) in [5.41, 5.74) is 0. The lowest BCUT2D eigenvalue weighted by Gasteiger charge is -2.13. The molecule has 0 aromatic carbocycles. The predicted octanol–water partition coefficient (Wildman–Crippen LogP) is -1.24. The zero-order chi connectivity index (χ0) is 9.14. The van der Waals surface area contributed by atoms with E-state index in [4.69, 9.17) is 5.11 Å². The highest BCUT2D eigenvalue weighted by Crippen LogP contribution is 2.01. The van der Waals surface area contributed by atoms with Gasteiger partial charge in [0.25, 0.3) is 18.0 Å². The van der Waals surface area contributed by atoms with Crippen molar-refractivity contribution < 1.29 is 19.1 Å². The topological polar surface area (TPSA) is 78.8 Å². The molecule has 0 aromatic rings. The number of amides is 2. The molecular formula is C6H7FN2O3. The van der Waals surface area contributed by atoms with E-state index in [1.54, 1.807) is 0 Å². The normalized spacial score (nSPS) is 23.5. The number of aliphatic hydroxyl groups is 1. The Morgan fingerprint density at radius 1 is 1.58 bits per heavy atom. The smallest absolute Gasteiger partial charge is 0.291 e. The third kappa shape index (κ3) is 1.65. The summed E-state index contributed by atoms with van der Waals surface area (Å²) in [7, 11) is 0. The Bertz CT molecular complexity index is 251. The lowest BCUT2D eigenvalue weighted by Crippen LogP contribution is -2.45. The number of alkyl halides is 1. The Balaban J connectivity index is 2.74. The quantitative estimate of drug-likeness (QED) is 0.514. The molecule has 2 amide bonds. The second-order valence-corrected chi connectivity index (χ2v) is 2.22. The number of amidine groups is 1. The minimum absolute atomic E-state index is 0.0152. The van der Waals surface area contributed by atoms with Crippen molar-refractivity contribution in [2.45, 2.75) is 12.6 Å². The van der Waals surface area contributed by atoms with Crippen LogP contribution in [0, 0.1) is 0 Å². The molecule has 0 aromatic heterocycles. The van der Waals surface area contributed by atoms with Crippen molar-refractivity contribution >= 4 is 17.6 Å². The molecule has 2 N–H and O–H groups in total. The number of nitrogens with one attached hydrogen (secondary N) is 1. The number of aliphatic imine (C=N–C) groups is 1. The number of halogens is 1. The molecule has 0 saturated carbocycles. The van der Waals surface area contributed by atoms with Gasteiger partial charge in [-0.3, -0.25) is 9.59 Å². The Morgan fingerprint density at radius 2 is 2.25 bits per heavy atom. The fourth-order valence-electron chi connectivity index (χ4n) is 0.760. The maximum Gasteiger partial charge on any atom is 0.291 e. The van der Waals surface area contributed by atoms with Gasteiger partial charge >= 0.3 is 0 Å². The molecule has 0 aliphatic carbocycles. The molecule has 1 heterocycles. The van der Waals surface area contributed by atoms with Gasteiger partial charge in [0.2, 0.25) is 0 Å². The fraction of sp³-hybridized carbons (Fsp3) is 0.500. The van der Waals surface area contributed by atoms with Crippen molar-refractivity contribution in [2.75, 3.05) is 6.61 Å². The van der Waals surface area contributed by atoms with Crippen LogP contribution in [0.4, 0.5) is 4.39 Å². The van der Waals surface area contributed by atoms with E-state index in [1.807, 2.05) is 0 Å². The summed E-state index contributed by atoms with van der Waals surface area (Å²) in [5, 5.41) is 10.5. The summed E-state index contributed by atoms with van der Waals surface area (Å²) in [6.07, 6.45) is -2.16. The third-order valence-corrected chi connectivity index (χ3v) is 1.31. The van der Waals surface area contributed by atoms with E-state index in [-0.39, 0.29) is 18.9 Å². The molecule has 0 radical (unpaired) electrons. The highest BCUT2D eigenvalue weighted by atomic mass is 19.1. The average molecular weight is 174 g/mol. The molecule has 66 valence electrons. The Kier molecular flexibility index (Phi) is 2.49. The summed E-state index contributed by atoms with van der Waals surface area (Å²) in [5.74, 6) is -2.11. The molecule has 1 unspecified atom stereocenters. The highest BCUT2D eigenvalue weighted by molar-refractivity contribution is 6.17. The van der Waals surface area contributed by atoms with Crippen LogP contribution >= 0.6 is 0 Å². The third-order valence-electron chi connectivity index (χ3n) is 1.31. The van der Waals surface area contributed by atoms with Crippen LogP contribution in [0.25, 0.3) is 0 Å². The molecule has 1 atom stereocenters. The first-order chi connectivity index (χ1) is 5.65. The number of nitrogens with zero attached hydrogens (tertiary/aromatic N) is 1. The summed E-state index contributed by atoms with van der Waals surface area (Å²) >= 11 is 0. The first kappa shape index (κ1) is 8.79. The lowest BCUT2D eigenvalue weighted by molar-refractivity contribution is -0.134. The van der Waals surface area contributed by atoms with Gasteiger partial charge in [0.05, 0.1) is 6.61 Å². The van der Waals surface area contributed by atoms with Gasteiger partial charge < -0.3 is 10.4 Å². The Labute approximate surface area is 67.3 Å². The number of hydrogen-bond acceptors (Lipinski definition) is 3. The Hall–Kier alpha value is -1.30. The van der Waals surface area contributed by atoms with Crippen LogP contribution in [0.15, 0.2) is 4.99 Å². The average Bonchev–Trinajstić information content (AvgIpc) is 2.01. The second kappa shape index (κ2) is 3.40. The van der Waals surface area contributed by atoms with Crippen molar-refractivity contribution in [3.63, 3.8) is 0 Å². The minimum Gasteiger partial charge on any atom is -0.396 e. The fourth-order valence-corrected chi connectivity index (χ4v) is 0.760. The van der Waals surface area contributed by atoms with E-state index in [2.05, 4.69) is 10.3 Å². The van der Waals surface area contributed by atoms with Gasteiger partial charge in [0.1, 0.15) is 5.84 Å². The number of carbonyl (C=O) groups excluding carboxylic acids is 2. The molecule has 6 heteroatoms. The predicted molar refractivity (Wildman–Crippen MR) is 37.2 cm³/mol. The monoisotopic (exact) mass is 174 g/mol. The maximum atomic E-state index is 12.5. The van der Waals surface area contributed by atoms with Crippen LogP contribution in [0.5, 0.6) is 0 Å². The number of aliphatic hydroxyl groups excluding tert-OH is 1. The number of carbonyl (C=O) groups is 2. The van der Waals surface area contributed by atoms with E-state index < -0.39 is 18.0 Å². The van der Waals surface area contributed by atoms with Gasteiger partial charge in [0, 0.05) is 6.42 Å². The van der Waals surface area contributed by atoms with Crippen LogP contribution in [0.3, 0.4) is 0 Å². The van der Waals surface area contributed by atoms with Crippen molar-refractivity contribution in [3.05, 3.63) is 0 Å². The zero-order valence-corrected chi connectivity index (χ0v) is 6.08. The Morgan fingerprint density at radius 3 is 2.75 bits per heavy atom. The van der Waals surface area contributed by atoms with Crippen LogP contribution in [0.1, 0.15) is 6.42 Å². The molecule has 12 heavy (non-hydrogen) atoms. The maximum absolute atomic E-state index is 12.5. The number of hydrogen-bond donors (Lipinski definition) is 2. The van der Waals surface area contributed by atoms with E-state index in [1.165, 1.54) is 0 Å². The van der Waals surface area contributed by atoms with E-state index in [9.17, 15) is 14.0 Å². The van der Waals surface area contributed by atoms with E-state index in [0.717, 1.165) is 0 Å².